The molecule has 1 aliphatic heterocycles. The summed E-state index contributed by atoms with van der Waals surface area (Å²) >= 11 is 0. The van der Waals surface area contributed by atoms with Gasteiger partial charge in [-0.15, -0.1) is 0 Å². The van der Waals surface area contributed by atoms with Crippen molar-refractivity contribution in [2.24, 2.45) is 5.92 Å². The summed E-state index contributed by atoms with van der Waals surface area (Å²) in [6.45, 7) is 2.13. The standard InChI is InChI=1S/C13H22N2O5S/c1-9(16)14-10-5-7-15(8-6-10)21(19,20)12-4-2-3-11(12)13(17)18/h10-12H,2-8H2,1H3,(H,14,16)(H,17,18). The second-order valence-electron chi connectivity index (χ2n) is 5.83. The fraction of sp³-hybridized carbons (Fsp3) is 0.846. The van der Waals surface area contributed by atoms with Crippen LogP contribution in [0.15, 0.2) is 0 Å². The van der Waals surface area contributed by atoms with Crippen LogP contribution < -0.4 is 5.32 Å². The van der Waals surface area contributed by atoms with Gasteiger partial charge in [-0.1, -0.05) is 6.42 Å². The number of aliphatic carboxylic acids is 1. The molecule has 1 amide bonds. The number of carbonyl (C=O) groups is 2. The van der Waals surface area contributed by atoms with Crippen molar-refractivity contribution in [3.05, 3.63) is 0 Å². The maximum Gasteiger partial charge on any atom is 0.307 e. The lowest BCUT2D eigenvalue weighted by Crippen LogP contribution is -2.49. The van der Waals surface area contributed by atoms with E-state index in [1.54, 1.807) is 0 Å². The zero-order valence-corrected chi connectivity index (χ0v) is 12.9. The van der Waals surface area contributed by atoms with E-state index >= 15 is 0 Å². The molecule has 7 nitrogen and oxygen atoms in total. The highest BCUT2D eigenvalue weighted by Gasteiger charge is 2.44. The topological polar surface area (TPSA) is 104 Å². The van der Waals surface area contributed by atoms with E-state index in [1.807, 2.05) is 0 Å². The number of amides is 1. The number of hydrogen-bond acceptors (Lipinski definition) is 4. The molecule has 1 saturated heterocycles. The molecule has 0 aromatic rings. The molecule has 0 aromatic carbocycles. The Hall–Kier alpha value is -1.15. The molecule has 0 spiro atoms. The Morgan fingerprint density at radius 2 is 1.76 bits per heavy atom. The number of carboxylic acids is 1. The van der Waals surface area contributed by atoms with E-state index in [9.17, 15) is 18.0 Å². The van der Waals surface area contributed by atoms with E-state index in [0.29, 0.717) is 45.2 Å². The Morgan fingerprint density at radius 1 is 1.14 bits per heavy atom. The number of hydrogen-bond donors (Lipinski definition) is 2. The SMILES string of the molecule is CC(=O)NC1CCN(S(=O)(=O)C2CCCC2C(=O)O)CC1. The minimum Gasteiger partial charge on any atom is -0.481 e. The summed E-state index contributed by atoms with van der Waals surface area (Å²) in [5.74, 6) is -1.92. The molecule has 0 aromatic heterocycles. The number of carbonyl (C=O) groups excluding carboxylic acids is 1. The maximum absolute atomic E-state index is 12.6. The van der Waals surface area contributed by atoms with Crippen molar-refractivity contribution in [1.82, 2.24) is 9.62 Å². The molecule has 0 radical (unpaired) electrons. The third kappa shape index (κ3) is 3.55. The molecule has 1 saturated carbocycles. The molecule has 2 N–H and O–H groups in total. The van der Waals surface area contributed by atoms with Crippen molar-refractivity contribution in [3.8, 4) is 0 Å². The number of nitrogens with zero attached hydrogens (tertiary/aromatic N) is 1. The van der Waals surface area contributed by atoms with Crippen LogP contribution in [0.5, 0.6) is 0 Å². The van der Waals surface area contributed by atoms with Crippen LogP contribution in [-0.4, -0.2) is 54.1 Å². The summed E-state index contributed by atoms with van der Waals surface area (Å²) < 4.78 is 26.6. The number of piperidine rings is 1. The lowest BCUT2D eigenvalue weighted by Gasteiger charge is -2.33. The van der Waals surface area contributed by atoms with Gasteiger partial charge in [0.25, 0.3) is 0 Å². The second-order valence-corrected chi connectivity index (χ2v) is 7.98. The highest BCUT2D eigenvalue weighted by molar-refractivity contribution is 7.89. The molecule has 1 heterocycles. The van der Waals surface area contributed by atoms with Crippen LogP contribution in [0.1, 0.15) is 39.0 Å². The van der Waals surface area contributed by atoms with Gasteiger partial charge in [0.05, 0.1) is 11.2 Å². The Kier molecular flexibility index (Phi) is 4.88. The molecule has 21 heavy (non-hydrogen) atoms. The maximum atomic E-state index is 12.6. The van der Waals surface area contributed by atoms with Gasteiger partial charge in [-0.3, -0.25) is 9.59 Å². The van der Waals surface area contributed by atoms with Gasteiger partial charge in [0.1, 0.15) is 0 Å². The predicted molar refractivity (Wildman–Crippen MR) is 76.1 cm³/mol. The monoisotopic (exact) mass is 318 g/mol. The summed E-state index contributed by atoms with van der Waals surface area (Å²) in [7, 11) is -3.57. The predicted octanol–water partition coefficient (Wildman–Crippen LogP) is 0.170. The smallest absolute Gasteiger partial charge is 0.307 e. The van der Waals surface area contributed by atoms with E-state index in [-0.39, 0.29) is 11.9 Å². The van der Waals surface area contributed by atoms with Crippen LogP contribution in [0, 0.1) is 5.92 Å². The summed E-state index contributed by atoms with van der Waals surface area (Å²) in [6.07, 6.45) is 2.64. The summed E-state index contributed by atoms with van der Waals surface area (Å²) in [6, 6.07) is 0.00722. The molecule has 8 heteroatoms. The molecule has 1 aliphatic carbocycles. The molecule has 2 unspecified atom stereocenters. The Morgan fingerprint density at radius 3 is 2.29 bits per heavy atom. The lowest BCUT2D eigenvalue weighted by atomic mass is 10.1. The first-order chi connectivity index (χ1) is 9.82. The first-order valence-electron chi connectivity index (χ1n) is 7.31. The van der Waals surface area contributed by atoms with Gasteiger partial charge in [-0.2, -0.15) is 0 Å². The highest BCUT2D eigenvalue weighted by Crippen LogP contribution is 2.34. The van der Waals surface area contributed by atoms with Crippen LogP contribution in [0.2, 0.25) is 0 Å². The number of rotatable bonds is 4. The van der Waals surface area contributed by atoms with Crippen molar-refractivity contribution in [2.75, 3.05) is 13.1 Å². The number of sulfonamides is 1. The van der Waals surface area contributed by atoms with Crippen LogP contribution >= 0.6 is 0 Å². The van der Waals surface area contributed by atoms with Gasteiger partial charge >= 0.3 is 5.97 Å². The van der Waals surface area contributed by atoms with E-state index in [2.05, 4.69) is 5.32 Å². The fourth-order valence-electron chi connectivity index (χ4n) is 3.30. The zero-order chi connectivity index (χ0) is 15.6. The largest absolute Gasteiger partial charge is 0.481 e. The quantitative estimate of drug-likeness (QED) is 0.769. The third-order valence-electron chi connectivity index (χ3n) is 4.37. The number of carboxylic acid groups (broad SMARTS) is 1. The molecular formula is C13H22N2O5S. The van der Waals surface area contributed by atoms with Gasteiger partial charge in [-0.05, 0) is 25.7 Å². The minimum atomic E-state index is -3.57. The molecule has 120 valence electrons. The van der Waals surface area contributed by atoms with Crippen LogP contribution in [0.3, 0.4) is 0 Å². The lowest BCUT2D eigenvalue weighted by molar-refractivity contribution is -0.141. The minimum absolute atomic E-state index is 0.00722. The molecule has 2 rings (SSSR count). The summed E-state index contributed by atoms with van der Waals surface area (Å²) in [4.78, 5) is 22.2. The first kappa shape index (κ1) is 16.2. The normalized spacial score (nSPS) is 28.4. The first-order valence-corrected chi connectivity index (χ1v) is 8.81. The number of nitrogens with one attached hydrogen (secondary N) is 1. The average Bonchev–Trinajstić information content (AvgIpc) is 2.88. The Labute approximate surface area is 124 Å². The van der Waals surface area contributed by atoms with E-state index < -0.39 is 27.2 Å². The Balaban J connectivity index is 2.01. The molecule has 2 fully saturated rings. The van der Waals surface area contributed by atoms with Crippen molar-refractivity contribution in [2.45, 2.75) is 50.3 Å². The van der Waals surface area contributed by atoms with Crippen molar-refractivity contribution < 1.29 is 23.1 Å². The van der Waals surface area contributed by atoms with Gasteiger partial charge < -0.3 is 10.4 Å². The van der Waals surface area contributed by atoms with Gasteiger partial charge in [0.15, 0.2) is 0 Å². The van der Waals surface area contributed by atoms with E-state index in [4.69, 9.17) is 5.11 Å². The van der Waals surface area contributed by atoms with Crippen LogP contribution in [0.4, 0.5) is 0 Å². The molecular weight excluding hydrogens is 296 g/mol. The zero-order valence-electron chi connectivity index (χ0n) is 12.1. The van der Waals surface area contributed by atoms with Crippen molar-refractivity contribution in [3.63, 3.8) is 0 Å². The summed E-state index contributed by atoms with van der Waals surface area (Å²) in [5, 5.41) is 11.2. The molecule has 2 atom stereocenters. The van der Waals surface area contributed by atoms with Crippen LogP contribution in [-0.2, 0) is 19.6 Å². The van der Waals surface area contributed by atoms with Crippen LogP contribution in [0.25, 0.3) is 0 Å². The van der Waals surface area contributed by atoms with Crippen molar-refractivity contribution >= 4 is 21.9 Å². The van der Waals surface area contributed by atoms with Crippen molar-refractivity contribution in [1.29, 1.82) is 0 Å². The average molecular weight is 318 g/mol. The second kappa shape index (κ2) is 6.31. The summed E-state index contributed by atoms with van der Waals surface area (Å²) in [5.41, 5.74) is 0. The molecule has 2 aliphatic rings. The van der Waals surface area contributed by atoms with E-state index in [1.165, 1.54) is 11.2 Å². The van der Waals surface area contributed by atoms with Gasteiger partial charge in [-0.25, -0.2) is 12.7 Å². The van der Waals surface area contributed by atoms with Gasteiger partial charge in [0.2, 0.25) is 15.9 Å². The molecule has 0 bridgehead atoms. The highest BCUT2D eigenvalue weighted by atomic mass is 32.2. The third-order valence-corrected chi connectivity index (χ3v) is 6.79. The Bertz CT molecular complexity index is 511. The fourth-order valence-corrected chi connectivity index (χ4v) is 5.53. The van der Waals surface area contributed by atoms with E-state index in [0.717, 1.165) is 0 Å². The van der Waals surface area contributed by atoms with Gasteiger partial charge in [0, 0.05) is 26.1 Å².